The van der Waals surface area contributed by atoms with Crippen LogP contribution in [0.15, 0.2) is 5.38 Å². The van der Waals surface area contributed by atoms with Crippen molar-refractivity contribution in [2.75, 3.05) is 6.54 Å². The van der Waals surface area contributed by atoms with Crippen molar-refractivity contribution in [1.82, 2.24) is 10.3 Å². The summed E-state index contributed by atoms with van der Waals surface area (Å²) in [6.07, 6.45) is 4.18. The zero-order chi connectivity index (χ0) is 10.0. The van der Waals surface area contributed by atoms with Gasteiger partial charge in [0.15, 0.2) is 0 Å². The summed E-state index contributed by atoms with van der Waals surface area (Å²) in [6.45, 7) is 6.50. The van der Waals surface area contributed by atoms with Gasteiger partial charge in [-0.15, -0.1) is 23.7 Å². The molecule has 15 heavy (non-hydrogen) atoms. The maximum atomic E-state index is 4.43. The third kappa shape index (κ3) is 3.44. The Labute approximate surface area is 102 Å². The Morgan fingerprint density at radius 3 is 2.73 bits per heavy atom. The van der Waals surface area contributed by atoms with Crippen molar-refractivity contribution >= 4 is 23.7 Å². The van der Waals surface area contributed by atoms with Gasteiger partial charge in [0.25, 0.3) is 0 Å². The van der Waals surface area contributed by atoms with E-state index in [1.807, 2.05) is 6.92 Å². The fraction of sp³-hybridized carbons (Fsp3) is 0.727. The molecule has 0 unspecified atom stereocenters. The molecule has 0 radical (unpaired) electrons. The van der Waals surface area contributed by atoms with Crippen molar-refractivity contribution < 1.29 is 0 Å². The molecule has 1 heterocycles. The van der Waals surface area contributed by atoms with Gasteiger partial charge in [-0.3, -0.25) is 0 Å². The van der Waals surface area contributed by atoms with Crippen molar-refractivity contribution in [2.24, 2.45) is 5.41 Å². The quantitative estimate of drug-likeness (QED) is 0.883. The molecule has 1 aromatic rings. The minimum atomic E-state index is 0. The summed E-state index contributed by atoms with van der Waals surface area (Å²) in [4.78, 5) is 4.43. The van der Waals surface area contributed by atoms with Gasteiger partial charge in [0.05, 0.1) is 0 Å². The molecule has 1 saturated carbocycles. The third-order valence-corrected chi connectivity index (χ3v) is 4.02. The average molecular weight is 247 g/mol. The van der Waals surface area contributed by atoms with Gasteiger partial charge < -0.3 is 5.32 Å². The van der Waals surface area contributed by atoms with Crippen LogP contribution in [0.5, 0.6) is 0 Å². The Hall–Kier alpha value is -0.120. The summed E-state index contributed by atoms with van der Waals surface area (Å²) in [6, 6.07) is 0. The number of nitrogens with zero attached hydrogens (tertiary/aromatic N) is 1. The molecule has 0 aliphatic heterocycles. The van der Waals surface area contributed by atoms with Gasteiger partial charge in [0, 0.05) is 24.2 Å². The lowest BCUT2D eigenvalue weighted by Gasteiger charge is -2.38. The number of nitrogens with one attached hydrogen (secondary N) is 1. The van der Waals surface area contributed by atoms with E-state index < -0.39 is 0 Å². The molecule has 4 heteroatoms. The number of aryl methyl sites for hydroxylation is 1. The lowest BCUT2D eigenvalue weighted by atomic mass is 9.70. The third-order valence-electron chi connectivity index (χ3n) is 3.06. The molecule has 0 bridgehead atoms. The summed E-state index contributed by atoms with van der Waals surface area (Å²) in [5.74, 6) is 0. The van der Waals surface area contributed by atoms with Crippen LogP contribution in [0, 0.1) is 12.3 Å². The van der Waals surface area contributed by atoms with Gasteiger partial charge >= 0.3 is 0 Å². The van der Waals surface area contributed by atoms with Crippen LogP contribution < -0.4 is 5.32 Å². The van der Waals surface area contributed by atoms with Gasteiger partial charge in [0.1, 0.15) is 5.01 Å². The van der Waals surface area contributed by atoms with Crippen LogP contribution in [0.4, 0.5) is 0 Å². The zero-order valence-electron chi connectivity index (χ0n) is 9.38. The van der Waals surface area contributed by atoms with Crippen molar-refractivity contribution in [3.05, 3.63) is 16.1 Å². The highest BCUT2D eigenvalue weighted by Crippen LogP contribution is 2.39. The second kappa shape index (κ2) is 5.28. The second-order valence-corrected chi connectivity index (χ2v) is 5.59. The molecule has 1 fully saturated rings. The average Bonchev–Trinajstić information content (AvgIpc) is 2.49. The van der Waals surface area contributed by atoms with E-state index in [0.717, 1.165) is 18.8 Å². The van der Waals surface area contributed by atoms with E-state index in [-0.39, 0.29) is 12.4 Å². The van der Waals surface area contributed by atoms with Gasteiger partial charge in [-0.25, -0.2) is 4.98 Å². The molecule has 2 nitrogen and oxygen atoms in total. The van der Waals surface area contributed by atoms with Crippen LogP contribution in [0.25, 0.3) is 0 Å². The van der Waals surface area contributed by atoms with Gasteiger partial charge in [-0.2, -0.15) is 0 Å². The van der Waals surface area contributed by atoms with Crippen molar-refractivity contribution in [2.45, 2.75) is 39.7 Å². The molecule has 2 rings (SSSR count). The lowest BCUT2D eigenvalue weighted by Crippen LogP contribution is -2.36. The largest absolute Gasteiger partial charge is 0.310 e. The number of hydrogen-bond acceptors (Lipinski definition) is 3. The zero-order valence-corrected chi connectivity index (χ0v) is 11.0. The molecule has 0 aromatic carbocycles. The summed E-state index contributed by atoms with van der Waals surface area (Å²) in [5, 5.41) is 6.83. The molecular weight excluding hydrogens is 228 g/mol. The predicted octanol–water partition coefficient (Wildman–Crippen LogP) is 3.15. The van der Waals surface area contributed by atoms with E-state index in [4.69, 9.17) is 0 Å². The monoisotopic (exact) mass is 246 g/mol. The van der Waals surface area contributed by atoms with Crippen LogP contribution in [-0.2, 0) is 6.54 Å². The van der Waals surface area contributed by atoms with E-state index in [1.165, 1.54) is 24.3 Å². The first-order valence-electron chi connectivity index (χ1n) is 5.30. The SMILES string of the molecule is Cc1csc(CNCC2(C)CCC2)n1.Cl. The van der Waals surface area contributed by atoms with Crippen LogP contribution >= 0.6 is 23.7 Å². The Morgan fingerprint density at radius 1 is 1.53 bits per heavy atom. The van der Waals surface area contributed by atoms with Gasteiger partial charge in [-0.05, 0) is 25.2 Å². The van der Waals surface area contributed by atoms with Crippen LogP contribution in [0.1, 0.15) is 36.9 Å². The molecule has 0 saturated heterocycles. The van der Waals surface area contributed by atoms with E-state index in [0.29, 0.717) is 5.41 Å². The summed E-state index contributed by atoms with van der Waals surface area (Å²) in [5.41, 5.74) is 1.72. The topological polar surface area (TPSA) is 24.9 Å². The van der Waals surface area contributed by atoms with Crippen LogP contribution in [-0.4, -0.2) is 11.5 Å². The second-order valence-electron chi connectivity index (χ2n) is 4.65. The van der Waals surface area contributed by atoms with E-state index in [9.17, 15) is 0 Å². The minimum absolute atomic E-state index is 0. The van der Waals surface area contributed by atoms with Crippen molar-refractivity contribution in [1.29, 1.82) is 0 Å². The first kappa shape index (κ1) is 12.9. The first-order valence-corrected chi connectivity index (χ1v) is 6.18. The molecule has 86 valence electrons. The lowest BCUT2D eigenvalue weighted by molar-refractivity contribution is 0.156. The van der Waals surface area contributed by atoms with Crippen molar-refractivity contribution in [3.63, 3.8) is 0 Å². The molecule has 0 atom stereocenters. The number of aromatic nitrogens is 1. The van der Waals surface area contributed by atoms with E-state index in [2.05, 4.69) is 22.6 Å². The van der Waals surface area contributed by atoms with Crippen LogP contribution in [0.2, 0.25) is 0 Å². The standard InChI is InChI=1S/C11H18N2S.ClH/c1-9-7-14-10(13-9)6-12-8-11(2)4-3-5-11;/h7,12H,3-6,8H2,1-2H3;1H. The maximum Gasteiger partial charge on any atom is 0.107 e. The maximum absolute atomic E-state index is 4.43. The Morgan fingerprint density at radius 2 is 2.27 bits per heavy atom. The number of thiazole rings is 1. The van der Waals surface area contributed by atoms with Crippen LogP contribution in [0.3, 0.4) is 0 Å². The molecular formula is C11H19ClN2S. The number of halogens is 1. The molecule has 0 amide bonds. The summed E-state index contributed by atoms with van der Waals surface area (Å²) in [7, 11) is 0. The van der Waals surface area contributed by atoms with E-state index >= 15 is 0 Å². The highest BCUT2D eigenvalue weighted by atomic mass is 35.5. The van der Waals surface area contributed by atoms with Gasteiger partial charge in [-0.1, -0.05) is 13.3 Å². The highest BCUT2D eigenvalue weighted by Gasteiger charge is 2.30. The predicted molar refractivity (Wildman–Crippen MR) is 67.8 cm³/mol. The fourth-order valence-electron chi connectivity index (χ4n) is 1.91. The molecule has 1 aliphatic carbocycles. The first-order chi connectivity index (χ1) is 6.68. The Balaban J connectivity index is 0.00000112. The van der Waals surface area contributed by atoms with E-state index in [1.54, 1.807) is 11.3 Å². The van der Waals surface area contributed by atoms with Gasteiger partial charge in [0.2, 0.25) is 0 Å². The Bertz CT molecular complexity index is 307. The summed E-state index contributed by atoms with van der Waals surface area (Å²) >= 11 is 1.75. The minimum Gasteiger partial charge on any atom is -0.310 e. The number of hydrogen-bond donors (Lipinski definition) is 1. The molecule has 0 spiro atoms. The normalized spacial score (nSPS) is 18.0. The smallest absolute Gasteiger partial charge is 0.107 e. The highest BCUT2D eigenvalue weighted by molar-refractivity contribution is 7.09. The molecule has 1 aliphatic rings. The Kier molecular flexibility index (Phi) is 4.56. The molecule has 1 N–H and O–H groups in total. The molecule has 1 aromatic heterocycles. The fourth-order valence-corrected chi connectivity index (χ4v) is 2.65. The summed E-state index contributed by atoms with van der Waals surface area (Å²) < 4.78 is 0. The number of rotatable bonds is 4. The van der Waals surface area contributed by atoms with Crippen molar-refractivity contribution in [3.8, 4) is 0 Å².